The van der Waals surface area contributed by atoms with E-state index >= 15 is 14.4 Å². The SMILES string of the molecule is C=C(NC(=O)C(=C)NC(=O)c1csc(C2=N[C@@H]3c4csc(n4)[C@H]4NC(=O)c5csc(n5)C([C@](C)(O)[C@@H](C)O)NC(=O)[C@H]5CSC(=N5)/C(=C/C)NC(=O)C([C@@H](C)O)NC(=O)c5csc(n5)[C@]3(CC2)NC(=O)[C@H](C)NC(=O)C(=C)NC(=O)C(=C)NC(=O)[C@H](C(C)C)N[C@H]2C=Cc3c([C@H](C)O)cc(nc3[C@H]2O)C(=O)O[C@@H]4C)n1)C(N)=O. The van der Waals surface area contributed by atoms with Gasteiger partial charge >= 0.3 is 5.97 Å². The number of aliphatic hydroxyl groups is 5. The lowest BCUT2D eigenvalue weighted by Crippen LogP contribution is -2.57. The van der Waals surface area contributed by atoms with Gasteiger partial charge in [-0.3, -0.25) is 68.0 Å². The highest BCUT2D eigenvalue weighted by molar-refractivity contribution is 8.14. The monoisotopic (exact) mass is 1650 g/mol. The van der Waals surface area contributed by atoms with Crippen LogP contribution in [0.5, 0.6) is 0 Å². The van der Waals surface area contributed by atoms with Crippen molar-refractivity contribution in [1.29, 1.82) is 0 Å². The van der Waals surface area contributed by atoms with Crippen LogP contribution in [-0.4, -0.2) is 192 Å². The molecule has 5 aliphatic rings. The summed E-state index contributed by atoms with van der Waals surface area (Å²) in [5, 5.41) is 91.5. The predicted molar refractivity (Wildman–Crippen MR) is 413 cm³/mol. The Hall–Kier alpha value is -10.8. The maximum absolute atomic E-state index is 15.4. The molecule has 42 heteroatoms. The number of allylic oxidation sites excluding steroid dienone is 1. The summed E-state index contributed by atoms with van der Waals surface area (Å²) in [7, 11) is 0. The number of primary amides is 1. The standard InChI is InChI=1S/C71H81N19O18S5/c1-14-37-64-83-44(22-109-64)61(103)89-52(70(13,107)34(12)93)67-85-43(23-112-67)59(101)88-48-33(11)108-68(106)40-19-36(31(9)91)35-15-16-38(50(94)49(35)79-40)78-46(25(2)3)62(104)77-29(7)56(98)74-27(5)55(97)75-30(8)57(99)90-71(69-86-45(24-113-69)60(102)87-47(32(10)92)63(105)81-37)18-17-39(80-51(71)41-20-111-66(48)82-41)65-84-42(21-110-65)58(100)76-28(6)54(96)73-26(4)53(72)95/h14-16,19-21,23-25,30-34,38,44,46-48,50-52,78,91-94,107H,4-7,17-18,22H2,1-3,8-13H3,(H2,72,95)(H,73,96)(H,74,98)(H,75,97)(H,76,100)(H,77,104)(H,81,105)(H,87,102)(H,88,101)(H,89,103)(H,90,99)/b37-14-/t30-,31-,32+,33+,34+,38-,44+,46-,47?,48-,50-,51+,52?,70+,71+/m0/s1. The summed E-state index contributed by atoms with van der Waals surface area (Å²) >= 11 is 4.39. The second-order valence-electron chi connectivity index (χ2n) is 27.4. The van der Waals surface area contributed by atoms with E-state index in [1.165, 1.54) is 87.4 Å². The summed E-state index contributed by atoms with van der Waals surface area (Å²) in [6.45, 7) is 26.9. The summed E-state index contributed by atoms with van der Waals surface area (Å²) in [6, 6.07) is -10.4. The van der Waals surface area contributed by atoms with Crippen LogP contribution in [0.3, 0.4) is 0 Å². The molecule has 0 aromatic carbocycles. The van der Waals surface area contributed by atoms with Crippen molar-refractivity contribution in [2.45, 2.75) is 165 Å². The first-order chi connectivity index (χ1) is 53.2. The molecule has 0 saturated carbocycles. The molecule has 0 spiro atoms. The minimum atomic E-state index is -2.21. The minimum Gasteiger partial charge on any atom is -0.455 e. The highest BCUT2D eigenvalue weighted by Gasteiger charge is 2.51. The number of rotatable bonds is 11. The number of hydrogen-bond acceptors (Lipinski definition) is 31. The Bertz CT molecular complexity index is 4920. The minimum absolute atomic E-state index is 0.0184. The van der Waals surface area contributed by atoms with E-state index in [0.717, 1.165) is 57.1 Å². The van der Waals surface area contributed by atoms with Crippen molar-refractivity contribution in [1.82, 2.24) is 83.4 Å². The van der Waals surface area contributed by atoms with Gasteiger partial charge in [-0.1, -0.05) is 58.4 Å². The Balaban J connectivity index is 1.18. The predicted octanol–water partition coefficient (Wildman–Crippen LogP) is 0.509. The number of carbonyl (C=O) groups excluding carboxylic acids is 12. The first-order valence-corrected chi connectivity index (χ1v) is 39.3. The van der Waals surface area contributed by atoms with E-state index in [0.29, 0.717) is 0 Å². The fourth-order valence-corrected chi connectivity index (χ4v) is 16.9. The average molecular weight is 1650 g/mol. The van der Waals surface area contributed by atoms with Crippen molar-refractivity contribution >= 4 is 145 Å². The van der Waals surface area contributed by atoms with Gasteiger partial charge in [-0.15, -0.1) is 57.1 Å². The molecule has 113 heavy (non-hydrogen) atoms. The molecule has 15 atom stereocenters. The number of nitrogens with zero attached hydrogens (tertiary/aromatic N) is 7. The smallest absolute Gasteiger partial charge is 0.357 e. The molecule has 13 bridgehead atoms. The summed E-state index contributed by atoms with van der Waals surface area (Å²) in [5.41, 5.74) is -2.56. The number of carbonyl (C=O) groups is 12. The number of aromatic nitrogens is 5. The van der Waals surface area contributed by atoms with Crippen LogP contribution in [-0.2, 0) is 48.6 Å². The van der Waals surface area contributed by atoms with E-state index in [9.17, 15) is 68.7 Å². The number of hydrogen-bond donors (Lipinski definition) is 17. The normalized spacial score (nSPS) is 26.1. The summed E-state index contributed by atoms with van der Waals surface area (Å²) in [4.78, 5) is 203. The molecule has 0 saturated heterocycles. The third kappa shape index (κ3) is 18.5. The second-order valence-corrected chi connectivity index (χ2v) is 31.9. The molecule has 4 aliphatic heterocycles. The van der Waals surface area contributed by atoms with E-state index in [-0.39, 0.29) is 89.0 Å². The lowest BCUT2D eigenvalue weighted by Gasteiger charge is -2.41. The highest BCUT2D eigenvalue weighted by atomic mass is 32.2. The van der Waals surface area contributed by atoms with Crippen molar-refractivity contribution in [2.75, 3.05) is 5.75 Å². The average Bonchev–Trinajstić information content (AvgIpc) is 1.66. The number of aliphatic imine (C=N–C) groups is 2. The Morgan fingerprint density at radius 3 is 2.09 bits per heavy atom. The Morgan fingerprint density at radius 1 is 0.743 bits per heavy atom. The molecule has 0 fully saturated rings. The third-order valence-electron chi connectivity index (χ3n) is 18.7. The van der Waals surface area contributed by atoms with Gasteiger partial charge in [0.2, 0.25) is 23.6 Å². The number of nitrogens with two attached hydrogens (primary N) is 1. The zero-order chi connectivity index (χ0) is 82.7. The summed E-state index contributed by atoms with van der Waals surface area (Å²) in [6.07, 6.45) is -3.71. The number of esters is 1. The Labute approximate surface area is 664 Å². The van der Waals surface area contributed by atoms with Crippen molar-refractivity contribution in [3.63, 3.8) is 0 Å². The van der Waals surface area contributed by atoms with Crippen LogP contribution < -0.4 is 64.2 Å². The van der Waals surface area contributed by atoms with Crippen LogP contribution in [0.1, 0.15) is 190 Å². The van der Waals surface area contributed by atoms with Gasteiger partial charge in [-0.2, -0.15) is 0 Å². The molecule has 9 heterocycles. The molecular weight excluding hydrogens is 1570 g/mol. The van der Waals surface area contributed by atoms with Crippen molar-refractivity contribution in [3.8, 4) is 0 Å². The number of fused-ring (bicyclic) bond motifs is 7. The molecule has 598 valence electrons. The van der Waals surface area contributed by atoms with E-state index in [1.807, 2.05) is 0 Å². The molecule has 37 nitrogen and oxygen atoms in total. The number of aliphatic hydroxyl groups excluding tert-OH is 4. The van der Waals surface area contributed by atoms with Gasteiger partial charge in [0.15, 0.2) is 0 Å². The largest absolute Gasteiger partial charge is 0.455 e. The molecule has 18 N–H and O–H groups in total. The van der Waals surface area contributed by atoms with E-state index in [1.54, 1.807) is 20.8 Å². The molecule has 10 rings (SSSR count). The molecule has 11 amide bonds. The maximum atomic E-state index is 15.4. The molecular formula is C71H81N19O18S5. The highest BCUT2D eigenvalue weighted by Crippen LogP contribution is 2.48. The third-order valence-corrected chi connectivity index (χ3v) is 23.6. The summed E-state index contributed by atoms with van der Waals surface area (Å²) < 4.78 is 6.24. The van der Waals surface area contributed by atoms with Gasteiger partial charge in [0, 0.05) is 32.8 Å². The first-order valence-electron chi connectivity index (χ1n) is 34.8. The number of amides is 11. The van der Waals surface area contributed by atoms with E-state index < -0.39 is 201 Å². The summed E-state index contributed by atoms with van der Waals surface area (Å²) in [5.74, 6) is -12.7. The molecule has 0 radical (unpaired) electrons. The molecule has 5 aromatic rings. The van der Waals surface area contributed by atoms with Crippen LogP contribution >= 0.6 is 57.1 Å². The van der Waals surface area contributed by atoms with Crippen molar-refractivity contribution in [3.05, 3.63) is 160 Å². The van der Waals surface area contributed by atoms with Gasteiger partial charge in [0.25, 0.3) is 41.4 Å². The quantitative estimate of drug-likeness (QED) is 0.0633. The van der Waals surface area contributed by atoms with Crippen molar-refractivity contribution in [2.24, 2.45) is 21.6 Å². The topological polar surface area (TPSA) is 563 Å². The first kappa shape index (κ1) is 84.6. The molecule has 1 aliphatic carbocycles. The Kier molecular flexibility index (Phi) is 26.0. The van der Waals surface area contributed by atoms with Crippen LogP contribution in [0.25, 0.3) is 6.08 Å². The van der Waals surface area contributed by atoms with Gasteiger partial charge in [0.1, 0.15) is 107 Å². The molecule has 2 unspecified atom stereocenters. The van der Waals surface area contributed by atoms with Gasteiger partial charge in [-0.05, 0) is 78.9 Å². The van der Waals surface area contributed by atoms with Gasteiger partial charge < -0.3 is 89.2 Å². The second kappa shape index (κ2) is 34.7. The van der Waals surface area contributed by atoms with Crippen LogP contribution in [0, 0.1) is 5.92 Å². The Morgan fingerprint density at radius 2 is 1.42 bits per heavy atom. The number of ether oxygens (including phenoxy) is 1. The van der Waals surface area contributed by atoms with Crippen LogP contribution in [0.15, 0.2) is 105 Å². The van der Waals surface area contributed by atoms with E-state index in [2.05, 4.69) is 105 Å². The fourth-order valence-electron chi connectivity index (χ4n) is 12.0. The number of thioether (sulfide) groups is 1. The lowest BCUT2D eigenvalue weighted by molar-refractivity contribution is -0.129. The molecule has 5 aromatic heterocycles. The van der Waals surface area contributed by atoms with E-state index in [4.69, 9.17) is 25.4 Å². The zero-order valence-corrected chi connectivity index (χ0v) is 66.0. The zero-order valence-electron chi connectivity index (χ0n) is 61.9. The fraction of sp³-hybridized carbons (Fsp3) is 0.394. The number of thiazole rings is 4. The lowest BCUT2D eigenvalue weighted by atomic mass is 9.80. The number of pyridine rings is 1. The van der Waals surface area contributed by atoms with Crippen LogP contribution in [0.4, 0.5) is 0 Å². The number of nitrogens with one attached hydrogen (secondary N) is 11. The maximum Gasteiger partial charge on any atom is 0.357 e. The van der Waals surface area contributed by atoms with Crippen molar-refractivity contribution < 1.29 is 87.8 Å². The van der Waals surface area contributed by atoms with Gasteiger partial charge in [0.05, 0.1) is 76.0 Å². The van der Waals surface area contributed by atoms with Crippen LogP contribution in [0.2, 0.25) is 0 Å². The number of cyclic esters (lactones) is 1. The van der Waals surface area contributed by atoms with Gasteiger partial charge in [-0.25, -0.2) is 29.7 Å².